The number of hydrogen-bond acceptors (Lipinski definition) is 2. The summed E-state index contributed by atoms with van der Waals surface area (Å²) in [5.74, 6) is -0.188. The Kier molecular flexibility index (Phi) is 4.88. The highest BCUT2D eigenvalue weighted by Gasteiger charge is 2.26. The van der Waals surface area contributed by atoms with E-state index in [1.807, 2.05) is 6.07 Å². The lowest BCUT2D eigenvalue weighted by Gasteiger charge is -2.33. The van der Waals surface area contributed by atoms with E-state index in [4.69, 9.17) is 0 Å². The van der Waals surface area contributed by atoms with E-state index in [2.05, 4.69) is 68.9 Å². The molecule has 1 fully saturated rings. The van der Waals surface area contributed by atoms with E-state index in [0.29, 0.717) is 6.17 Å². The summed E-state index contributed by atoms with van der Waals surface area (Å²) in [7, 11) is 4.28. The molecule has 1 aliphatic rings. The van der Waals surface area contributed by atoms with Crippen LogP contribution in [0.25, 0.3) is 11.1 Å². The minimum absolute atomic E-state index is 0.118. The summed E-state index contributed by atoms with van der Waals surface area (Å²) in [6, 6.07) is 13.7. The first-order chi connectivity index (χ1) is 11.8. The van der Waals surface area contributed by atoms with Crippen LogP contribution in [0.15, 0.2) is 42.5 Å². The predicted octanol–water partition coefficient (Wildman–Crippen LogP) is 5.28. The van der Waals surface area contributed by atoms with Gasteiger partial charge in [0.15, 0.2) is 0 Å². The Hall–Kier alpha value is -1.87. The normalized spacial score (nSPS) is 18.6. The van der Waals surface area contributed by atoms with Crippen molar-refractivity contribution in [1.29, 1.82) is 0 Å². The number of anilines is 1. The Morgan fingerprint density at radius 3 is 2.32 bits per heavy atom. The van der Waals surface area contributed by atoms with E-state index in [9.17, 15) is 4.39 Å². The molecule has 2 aromatic carbocycles. The van der Waals surface area contributed by atoms with Crippen molar-refractivity contribution in [2.24, 2.45) is 0 Å². The summed E-state index contributed by atoms with van der Waals surface area (Å²) in [4.78, 5) is 4.66. The molecule has 1 aliphatic heterocycles. The van der Waals surface area contributed by atoms with Gasteiger partial charge in [-0.15, -0.1) is 0 Å². The van der Waals surface area contributed by atoms with Crippen LogP contribution in [0.3, 0.4) is 0 Å². The second-order valence-corrected chi connectivity index (χ2v) is 8.20. The SMILES string of the molecule is CN1CCC[C@@H]1N(C)c1ccc(F)cc1-c1ccc(C(C)(C)C)cc1. The van der Waals surface area contributed by atoms with Crippen LogP contribution in [-0.4, -0.2) is 31.7 Å². The average molecular weight is 340 g/mol. The highest BCUT2D eigenvalue weighted by Crippen LogP contribution is 2.35. The first-order valence-electron chi connectivity index (χ1n) is 9.11. The Bertz CT molecular complexity index is 731. The lowest BCUT2D eigenvalue weighted by atomic mass is 9.86. The van der Waals surface area contributed by atoms with Crippen molar-refractivity contribution in [1.82, 2.24) is 4.90 Å². The number of rotatable bonds is 3. The Balaban J connectivity index is 1.99. The number of likely N-dealkylation sites (tertiary alicyclic amines) is 1. The van der Waals surface area contributed by atoms with E-state index < -0.39 is 0 Å². The number of hydrogen-bond donors (Lipinski definition) is 0. The van der Waals surface area contributed by atoms with E-state index in [0.717, 1.165) is 29.8 Å². The topological polar surface area (TPSA) is 6.48 Å². The van der Waals surface area contributed by atoms with Gasteiger partial charge < -0.3 is 4.90 Å². The van der Waals surface area contributed by atoms with E-state index >= 15 is 0 Å². The average Bonchev–Trinajstić information content (AvgIpc) is 2.99. The van der Waals surface area contributed by atoms with Crippen LogP contribution in [0.1, 0.15) is 39.2 Å². The van der Waals surface area contributed by atoms with Gasteiger partial charge in [0.05, 0.1) is 6.17 Å². The molecule has 0 aromatic heterocycles. The Morgan fingerprint density at radius 1 is 1.08 bits per heavy atom. The molecule has 134 valence electrons. The van der Waals surface area contributed by atoms with Crippen molar-refractivity contribution in [3.63, 3.8) is 0 Å². The molecule has 0 N–H and O–H groups in total. The summed E-state index contributed by atoms with van der Waals surface area (Å²) < 4.78 is 14.0. The van der Waals surface area contributed by atoms with Crippen molar-refractivity contribution in [3.8, 4) is 11.1 Å². The quantitative estimate of drug-likeness (QED) is 0.750. The smallest absolute Gasteiger partial charge is 0.123 e. The molecule has 0 saturated carbocycles. The first kappa shape index (κ1) is 17.9. The zero-order valence-corrected chi connectivity index (χ0v) is 16.0. The minimum Gasteiger partial charge on any atom is -0.358 e. The molecule has 3 rings (SSSR count). The third-order valence-electron chi connectivity index (χ3n) is 5.33. The largest absolute Gasteiger partial charge is 0.358 e. The van der Waals surface area contributed by atoms with Gasteiger partial charge in [0, 0.05) is 18.3 Å². The summed E-state index contributed by atoms with van der Waals surface area (Å²) >= 11 is 0. The fraction of sp³-hybridized carbons (Fsp3) is 0.455. The Labute approximate surface area is 151 Å². The molecule has 0 radical (unpaired) electrons. The maximum Gasteiger partial charge on any atom is 0.123 e. The molecule has 0 bridgehead atoms. The molecule has 1 saturated heterocycles. The number of nitrogens with zero attached hydrogens (tertiary/aromatic N) is 2. The van der Waals surface area contributed by atoms with Gasteiger partial charge in [-0.05, 0) is 61.2 Å². The molecular weight excluding hydrogens is 311 g/mol. The molecule has 1 atom stereocenters. The van der Waals surface area contributed by atoms with E-state index in [-0.39, 0.29) is 11.2 Å². The second-order valence-electron chi connectivity index (χ2n) is 8.20. The molecule has 3 heteroatoms. The lowest BCUT2D eigenvalue weighted by Crippen LogP contribution is -2.40. The van der Waals surface area contributed by atoms with Crippen molar-refractivity contribution >= 4 is 5.69 Å². The third kappa shape index (κ3) is 3.72. The second kappa shape index (κ2) is 6.80. The molecule has 0 aliphatic carbocycles. The van der Waals surface area contributed by atoms with Crippen LogP contribution >= 0.6 is 0 Å². The maximum atomic E-state index is 14.0. The van der Waals surface area contributed by atoms with Gasteiger partial charge in [0.2, 0.25) is 0 Å². The first-order valence-corrected chi connectivity index (χ1v) is 9.11. The molecule has 25 heavy (non-hydrogen) atoms. The van der Waals surface area contributed by atoms with Crippen molar-refractivity contribution in [2.75, 3.05) is 25.5 Å². The molecule has 0 amide bonds. The van der Waals surface area contributed by atoms with Crippen molar-refractivity contribution < 1.29 is 4.39 Å². The van der Waals surface area contributed by atoms with Gasteiger partial charge in [-0.1, -0.05) is 45.0 Å². The fourth-order valence-corrected chi connectivity index (χ4v) is 3.74. The molecule has 0 unspecified atom stereocenters. The highest BCUT2D eigenvalue weighted by atomic mass is 19.1. The van der Waals surface area contributed by atoms with Gasteiger partial charge in [-0.25, -0.2) is 4.39 Å². The van der Waals surface area contributed by atoms with Crippen LogP contribution in [-0.2, 0) is 5.41 Å². The van der Waals surface area contributed by atoms with Gasteiger partial charge in [-0.2, -0.15) is 0 Å². The number of benzene rings is 2. The van der Waals surface area contributed by atoms with E-state index in [1.165, 1.54) is 12.0 Å². The van der Waals surface area contributed by atoms with Crippen LogP contribution < -0.4 is 4.90 Å². The van der Waals surface area contributed by atoms with Gasteiger partial charge in [0.1, 0.15) is 5.82 Å². The predicted molar refractivity (Wildman–Crippen MR) is 105 cm³/mol. The standard InChI is InChI=1S/C22H29FN2/c1-22(2,3)17-10-8-16(9-11-17)19-15-18(23)12-13-20(19)25(5)21-7-6-14-24(21)4/h8-13,15,21H,6-7,14H2,1-5H3/t21-/m0/s1. The summed E-state index contributed by atoms with van der Waals surface area (Å²) in [6.45, 7) is 7.74. The molecule has 2 aromatic rings. The molecule has 2 nitrogen and oxygen atoms in total. The zero-order valence-electron chi connectivity index (χ0n) is 16.0. The van der Waals surface area contributed by atoms with Crippen LogP contribution in [0.5, 0.6) is 0 Å². The summed E-state index contributed by atoms with van der Waals surface area (Å²) in [5, 5.41) is 0. The monoisotopic (exact) mass is 340 g/mol. The van der Waals surface area contributed by atoms with Gasteiger partial charge in [0.25, 0.3) is 0 Å². The maximum absolute atomic E-state index is 14.0. The number of halogens is 1. The van der Waals surface area contributed by atoms with Crippen LogP contribution in [0.2, 0.25) is 0 Å². The molecule has 1 heterocycles. The van der Waals surface area contributed by atoms with Gasteiger partial charge in [-0.3, -0.25) is 4.90 Å². The summed E-state index contributed by atoms with van der Waals surface area (Å²) in [5.41, 5.74) is 4.52. The van der Waals surface area contributed by atoms with Crippen LogP contribution in [0.4, 0.5) is 10.1 Å². The summed E-state index contributed by atoms with van der Waals surface area (Å²) in [6.07, 6.45) is 2.73. The highest BCUT2D eigenvalue weighted by molar-refractivity contribution is 5.79. The third-order valence-corrected chi connectivity index (χ3v) is 5.33. The lowest BCUT2D eigenvalue weighted by molar-refractivity contribution is 0.308. The van der Waals surface area contributed by atoms with E-state index in [1.54, 1.807) is 12.1 Å². The van der Waals surface area contributed by atoms with Crippen molar-refractivity contribution in [3.05, 3.63) is 53.8 Å². The van der Waals surface area contributed by atoms with Gasteiger partial charge >= 0.3 is 0 Å². The molecular formula is C22H29FN2. The fourth-order valence-electron chi connectivity index (χ4n) is 3.74. The van der Waals surface area contributed by atoms with Crippen molar-refractivity contribution in [2.45, 2.75) is 45.2 Å². The zero-order chi connectivity index (χ0) is 18.2. The Morgan fingerprint density at radius 2 is 1.76 bits per heavy atom. The minimum atomic E-state index is -0.188. The van der Waals surface area contributed by atoms with Crippen LogP contribution in [0, 0.1) is 5.82 Å². The molecule has 0 spiro atoms.